The van der Waals surface area contributed by atoms with Crippen LogP contribution in [0.3, 0.4) is 0 Å². The van der Waals surface area contributed by atoms with Gasteiger partial charge in [0.2, 0.25) is 0 Å². The summed E-state index contributed by atoms with van der Waals surface area (Å²) in [4.78, 5) is 3.76. The first-order valence-corrected chi connectivity index (χ1v) is 5.80. The predicted molar refractivity (Wildman–Crippen MR) is 66.7 cm³/mol. The highest BCUT2D eigenvalue weighted by molar-refractivity contribution is 6.30. The van der Waals surface area contributed by atoms with Crippen LogP contribution in [0, 0.1) is 0 Å². The lowest BCUT2D eigenvalue weighted by Gasteiger charge is -2.13. The standard InChI is InChI=1S/C13H10ClF3N2/c14-10-3-1-2-8(6-10)12(18)11-5-4-9(7-19-11)13(15,16)17/h1-7,12H,18H2. The van der Waals surface area contributed by atoms with Gasteiger partial charge in [0.25, 0.3) is 0 Å². The van der Waals surface area contributed by atoms with Gasteiger partial charge in [-0.15, -0.1) is 0 Å². The van der Waals surface area contributed by atoms with E-state index in [0.29, 0.717) is 16.3 Å². The number of hydrogen-bond acceptors (Lipinski definition) is 2. The van der Waals surface area contributed by atoms with Crippen LogP contribution >= 0.6 is 11.6 Å². The highest BCUT2D eigenvalue weighted by Gasteiger charge is 2.30. The highest BCUT2D eigenvalue weighted by atomic mass is 35.5. The Morgan fingerprint density at radius 1 is 1.16 bits per heavy atom. The van der Waals surface area contributed by atoms with Gasteiger partial charge in [0.05, 0.1) is 17.3 Å². The van der Waals surface area contributed by atoms with Crippen molar-refractivity contribution in [2.75, 3.05) is 0 Å². The van der Waals surface area contributed by atoms with E-state index in [0.717, 1.165) is 12.3 Å². The molecule has 2 rings (SSSR count). The minimum Gasteiger partial charge on any atom is -0.319 e. The normalized spacial score (nSPS) is 13.3. The number of nitrogens with zero attached hydrogens (tertiary/aromatic N) is 1. The molecule has 0 spiro atoms. The molecule has 0 radical (unpaired) electrons. The van der Waals surface area contributed by atoms with E-state index in [9.17, 15) is 13.2 Å². The van der Waals surface area contributed by atoms with Gasteiger partial charge in [-0.25, -0.2) is 0 Å². The Balaban J connectivity index is 2.27. The number of halogens is 4. The molecule has 2 N–H and O–H groups in total. The molecule has 0 aliphatic rings. The van der Waals surface area contributed by atoms with Crippen LogP contribution in [-0.2, 0) is 6.18 Å². The van der Waals surface area contributed by atoms with Gasteiger partial charge in [0.1, 0.15) is 0 Å². The molecule has 0 fully saturated rings. The molecule has 2 nitrogen and oxygen atoms in total. The second kappa shape index (κ2) is 5.19. The van der Waals surface area contributed by atoms with Crippen LogP contribution in [0.4, 0.5) is 13.2 Å². The molecule has 2 aromatic rings. The van der Waals surface area contributed by atoms with Crippen LogP contribution in [-0.4, -0.2) is 4.98 Å². The van der Waals surface area contributed by atoms with Gasteiger partial charge >= 0.3 is 6.18 Å². The van der Waals surface area contributed by atoms with E-state index in [-0.39, 0.29) is 0 Å². The number of rotatable bonds is 2. The fraction of sp³-hybridized carbons (Fsp3) is 0.154. The Morgan fingerprint density at radius 2 is 1.89 bits per heavy atom. The van der Waals surface area contributed by atoms with Gasteiger partial charge in [-0.1, -0.05) is 23.7 Å². The van der Waals surface area contributed by atoms with E-state index < -0.39 is 17.8 Å². The molecule has 0 saturated heterocycles. The maximum absolute atomic E-state index is 12.4. The average Bonchev–Trinajstić information content (AvgIpc) is 2.37. The summed E-state index contributed by atoms with van der Waals surface area (Å²) < 4.78 is 37.2. The first-order chi connectivity index (χ1) is 8.88. The molecule has 1 unspecified atom stereocenters. The van der Waals surface area contributed by atoms with Crippen molar-refractivity contribution in [3.8, 4) is 0 Å². The molecule has 6 heteroatoms. The van der Waals surface area contributed by atoms with Crippen molar-refractivity contribution in [1.82, 2.24) is 4.98 Å². The molecule has 1 aromatic heterocycles. The summed E-state index contributed by atoms with van der Waals surface area (Å²) >= 11 is 5.84. The first kappa shape index (κ1) is 13.8. The summed E-state index contributed by atoms with van der Waals surface area (Å²) in [5.74, 6) is 0. The van der Waals surface area contributed by atoms with Gasteiger partial charge in [-0.3, -0.25) is 4.98 Å². The minimum atomic E-state index is -4.40. The number of aromatic nitrogens is 1. The SMILES string of the molecule is NC(c1cccc(Cl)c1)c1ccc(C(F)(F)F)cn1. The smallest absolute Gasteiger partial charge is 0.319 e. The van der Waals surface area contributed by atoms with Crippen LogP contribution < -0.4 is 5.73 Å². The summed E-state index contributed by atoms with van der Waals surface area (Å²) in [6.07, 6.45) is -3.62. The Morgan fingerprint density at radius 3 is 2.42 bits per heavy atom. The zero-order chi connectivity index (χ0) is 14.0. The third kappa shape index (κ3) is 3.24. The zero-order valence-corrected chi connectivity index (χ0v) is 10.4. The Kier molecular flexibility index (Phi) is 3.78. The first-order valence-electron chi connectivity index (χ1n) is 5.42. The maximum atomic E-state index is 12.4. The molecular formula is C13H10ClF3N2. The zero-order valence-electron chi connectivity index (χ0n) is 9.66. The summed E-state index contributed by atoms with van der Waals surface area (Å²) in [7, 11) is 0. The van der Waals surface area contributed by atoms with Crippen molar-refractivity contribution in [3.63, 3.8) is 0 Å². The Hall–Kier alpha value is -1.59. The van der Waals surface area contributed by atoms with Gasteiger partial charge in [-0.2, -0.15) is 13.2 Å². The molecule has 0 amide bonds. The third-order valence-corrected chi connectivity index (χ3v) is 2.88. The summed E-state index contributed by atoms with van der Waals surface area (Å²) in [6.45, 7) is 0. The topological polar surface area (TPSA) is 38.9 Å². The van der Waals surface area contributed by atoms with Crippen molar-refractivity contribution in [2.24, 2.45) is 5.73 Å². The second-order valence-electron chi connectivity index (χ2n) is 4.00. The molecular weight excluding hydrogens is 277 g/mol. The summed E-state index contributed by atoms with van der Waals surface area (Å²) in [6, 6.07) is 8.45. The number of benzene rings is 1. The Bertz CT molecular complexity index is 567. The molecule has 100 valence electrons. The molecule has 0 bridgehead atoms. The third-order valence-electron chi connectivity index (χ3n) is 2.64. The van der Waals surface area contributed by atoms with E-state index in [1.54, 1.807) is 24.3 Å². The second-order valence-corrected chi connectivity index (χ2v) is 4.44. The van der Waals surface area contributed by atoms with Gasteiger partial charge in [-0.05, 0) is 29.8 Å². The lowest BCUT2D eigenvalue weighted by atomic mass is 10.0. The van der Waals surface area contributed by atoms with Crippen LogP contribution in [0.2, 0.25) is 5.02 Å². The number of alkyl halides is 3. The van der Waals surface area contributed by atoms with Gasteiger partial charge in [0.15, 0.2) is 0 Å². The van der Waals surface area contributed by atoms with E-state index in [2.05, 4.69) is 4.98 Å². The minimum absolute atomic E-state index is 0.357. The molecule has 1 atom stereocenters. The van der Waals surface area contributed by atoms with Crippen molar-refractivity contribution in [3.05, 3.63) is 64.4 Å². The monoisotopic (exact) mass is 286 g/mol. The molecule has 19 heavy (non-hydrogen) atoms. The molecule has 0 aliphatic carbocycles. The van der Waals surface area contributed by atoms with Crippen LogP contribution in [0.25, 0.3) is 0 Å². The van der Waals surface area contributed by atoms with Crippen LogP contribution in [0.5, 0.6) is 0 Å². The largest absolute Gasteiger partial charge is 0.417 e. The quantitative estimate of drug-likeness (QED) is 0.912. The van der Waals surface area contributed by atoms with E-state index in [4.69, 9.17) is 17.3 Å². The van der Waals surface area contributed by atoms with E-state index >= 15 is 0 Å². The van der Waals surface area contributed by atoms with E-state index in [1.807, 2.05) is 0 Å². The van der Waals surface area contributed by atoms with Crippen molar-refractivity contribution in [2.45, 2.75) is 12.2 Å². The molecule has 1 aromatic carbocycles. The number of pyridine rings is 1. The molecule has 0 aliphatic heterocycles. The molecule has 0 saturated carbocycles. The average molecular weight is 287 g/mol. The fourth-order valence-electron chi connectivity index (χ4n) is 1.63. The number of hydrogen-bond donors (Lipinski definition) is 1. The highest BCUT2D eigenvalue weighted by Crippen LogP contribution is 2.29. The molecule has 1 heterocycles. The lowest BCUT2D eigenvalue weighted by molar-refractivity contribution is -0.137. The van der Waals surface area contributed by atoms with Gasteiger partial charge in [0, 0.05) is 11.2 Å². The summed E-state index contributed by atoms with van der Waals surface area (Å²) in [5.41, 5.74) is 6.20. The number of nitrogens with two attached hydrogens (primary N) is 1. The van der Waals surface area contributed by atoms with Crippen molar-refractivity contribution in [1.29, 1.82) is 0 Å². The van der Waals surface area contributed by atoms with Crippen molar-refractivity contribution < 1.29 is 13.2 Å². The lowest BCUT2D eigenvalue weighted by Crippen LogP contribution is -2.14. The van der Waals surface area contributed by atoms with Crippen LogP contribution in [0.1, 0.15) is 22.9 Å². The predicted octanol–water partition coefficient (Wildman–Crippen LogP) is 3.80. The van der Waals surface area contributed by atoms with Crippen molar-refractivity contribution >= 4 is 11.6 Å². The maximum Gasteiger partial charge on any atom is 0.417 e. The Labute approximate surface area is 113 Å². The van der Waals surface area contributed by atoms with Crippen LogP contribution in [0.15, 0.2) is 42.6 Å². The van der Waals surface area contributed by atoms with Gasteiger partial charge < -0.3 is 5.73 Å². The summed E-state index contributed by atoms with van der Waals surface area (Å²) in [5, 5.41) is 0.514. The fourth-order valence-corrected chi connectivity index (χ4v) is 1.83. The van der Waals surface area contributed by atoms with E-state index in [1.165, 1.54) is 6.07 Å².